The van der Waals surface area contributed by atoms with E-state index in [1.807, 2.05) is 42.2 Å². The van der Waals surface area contributed by atoms with Crippen LogP contribution in [0.1, 0.15) is 18.5 Å². The molecule has 7 heteroatoms. The molecule has 0 radical (unpaired) electrons. The van der Waals surface area contributed by atoms with Crippen molar-refractivity contribution in [2.45, 2.75) is 19.8 Å². The fourth-order valence-electron chi connectivity index (χ4n) is 3.60. The van der Waals surface area contributed by atoms with E-state index in [1.54, 1.807) is 23.9 Å². The summed E-state index contributed by atoms with van der Waals surface area (Å²) in [5.41, 5.74) is 4.88. The van der Waals surface area contributed by atoms with Crippen molar-refractivity contribution in [3.05, 3.63) is 60.7 Å². The van der Waals surface area contributed by atoms with Crippen LogP contribution in [0.25, 0.3) is 20.7 Å². The van der Waals surface area contributed by atoms with E-state index in [9.17, 15) is 4.79 Å². The van der Waals surface area contributed by atoms with Crippen molar-refractivity contribution < 1.29 is 4.79 Å². The van der Waals surface area contributed by atoms with Gasteiger partial charge in [-0.3, -0.25) is 9.78 Å². The van der Waals surface area contributed by atoms with Crippen LogP contribution in [-0.4, -0.2) is 27.4 Å². The van der Waals surface area contributed by atoms with Gasteiger partial charge in [-0.1, -0.05) is 6.07 Å². The molecule has 1 fully saturated rings. The number of fused-ring (bicyclic) bond motifs is 1. The van der Waals surface area contributed by atoms with Gasteiger partial charge >= 0.3 is 0 Å². The van der Waals surface area contributed by atoms with Crippen LogP contribution in [0.2, 0.25) is 0 Å². The molecule has 0 spiro atoms. The summed E-state index contributed by atoms with van der Waals surface area (Å²) in [6.45, 7) is 2.81. The number of nitrogens with zero attached hydrogens (tertiary/aromatic N) is 4. The highest BCUT2D eigenvalue weighted by Gasteiger charge is 2.21. The third-order valence-corrected chi connectivity index (χ3v) is 6.26. The van der Waals surface area contributed by atoms with Gasteiger partial charge in [0.25, 0.3) is 0 Å². The van der Waals surface area contributed by atoms with E-state index in [2.05, 4.69) is 32.4 Å². The summed E-state index contributed by atoms with van der Waals surface area (Å²) >= 11 is 1.65. The van der Waals surface area contributed by atoms with Gasteiger partial charge in [0.1, 0.15) is 6.33 Å². The molecule has 0 unspecified atom stereocenters. The van der Waals surface area contributed by atoms with E-state index in [4.69, 9.17) is 0 Å². The molecule has 0 aliphatic carbocycles. The number of aromatic nitrogens is 3. The lowest BCUT2D eigenvalue weighted by Crippen LogP contribution is -2.23. The van der Waals surface area contributed by atoms with E-state index in [1.165, 1.54) is 0 Å². The van der Waals surface area contributed by atoms with Gasteiger partial charge in [-0.15, -0.1) is 11.3 Å². The quantitative estimate of drug-likeness (QED) is 0.525. The first-order chi connectivity index (χ1) is 14.2. The molecule has 29 heavy (non-hydrogen) atoms. The van der Waals surface area contributed by atoms with Gasteiger partial charge in [0, 0.05) is 46.7 Å². The number of anilines is 3. The number of thiophene rings is 1. The van der Waals surface area contributed by atoms with Gasteiger partial charge in [-0.05, 0) is 49.7 Å². The molecule has 1 N–H and O–H groups in total. The first-order valence-corrected chi connectivity index (χ1v) is 10.3. The van der Waals surface area contributed by atoms with Gasteiger partial charge in [0.05, 0.1) is 10.2 Å². The SMILES string of the molecule is Cc1ncccc1-c1cc2ncnc(Nc3ccc(N4CCCC4=O)cc3)c2s1. The van der Waals surface area contributed by atoms with Crippen molar-refractivity contribution in [3.63, 3.8) is 0 Å². The molecular weight excluding hydrogens is 382 g/mol. The topological polar surface area (TPSA) is 71.0 Å². The number of amides is 1. The zero-order valence-corrected chi connectivity index (χ0v) is 16.7. The Morgan fingerprint density at radius 3 is 2.72 bits per heavy atom. The summed E-state index contributed by atoms with van der Waals surface area (Å²) in [6, 6.07) is 14.0. The lowest BCUT2D eigenvalue weighted by Gasteiger charge is -2.16. The molecule has 0 atom stereocenters. The molecule has 0 saturated carbocycles. The number of rotatable bonds is 4. The summed E-state index contributed by atoms with van der Waals surface area (Å²) in [6.07, 6.45) is 4.94. The number of hydrogen-bond acceptors (Lipinski definition) is 6. The average molecular weight is 401 g/mol. The van der Waals surface area contributed by atoms with Gasteiger partial charge in [0.15, 0.2) is 5.82 Å². The van der Waals surface area contributed by atoms with Crippen molar-refractivity contribution >= 4 is 44.7 Å². The molecule has 1 saturated heterocycles. The predicted octanol–water partition coefficient (Wildman–Crippen LogP) is 4.93. The Hall–Kier alpha value is -3.32. The van der Waals surface area contributed by atoms with Crippen molar-refractivity contribution in [2.75, 3.05) is 16.8 Å². The Bertz CT molecular complexity index is 1200. The van der Waals surface area contributed by atoms with E-state index in [-0.39, 0.29) is 5.91 Å². The lowest BCUT2D eigenvalue weighted by atomic mass is 10.2. The summed E-state index contributed by atoms with van der Waals surface area (Å²) in [5.74, 6) is 0.970. The first kappa shape index (κ1) is 17.8. The molecule has 5 rings (SSSR count). The summed E-state index contributed by atoms with van der Waals surface area (Å²) in [5, 5.41) is 3.40. The van der Waals surface area contributed by atoms with Gasteiger partial charge in [0.2, 0.25) is 5.91 Å². The molecule has 1 aromatic carbocycles. The maximum Gasteiger partial charge on any atom is 0.227 e. The van der Waals surface area contributed by atoms with E-state index < -0.39 is 0 Å². The minimum Gasteiger partial charge on any atom is -0.339 e. The maximum absolute atomic E-state index is 11.9. The average Bonchev–Trinajstić information content (AvgIpc) is 3.36. The first-order valence-electron chi connectivity index (χ1n) is 9.53. The van der Waals surface area contributed by atoms with Gasteiger partial charge in [-0.25, -0.2) is 9.97 Å². The summed E-state index contributed by atoms with van der Waals surface area (Å²) in [4.78, 5) is 28.2. The third kappa shape index (κ3) is 3.34. The van der Waals surface area contributed by atoms with Crippen LogP contribution in [0.5, 0.6) is 0 Å². The molecule has 3 aromatic heterocycles. The minimum absolute atomic E-state index is 0.194. The largest absolute Gasteiger partial charge is 0.339 e. The third-order valence-electron chi connectivity index (χ3n) is 5.10. The summed E-state index contributed by atoms with van der Waals surface area (Å²) in [7, 11) is 0. The van der Waals surface area contributed by atoms with Crippen LogP contribution in [0, 0.1) is 6.92 Å². The lowest BCUT2D eigenvalue weighted by molar-refractivity contribution is -0.117. The monoisotopic (exact) mass is 401 g/mol. The minimum atomic E-state index is 0.194. The normalized spacial score (nSPS) is 14.0. The second kappa shape index (κ2) is 7.25. The number of hydrogen-bond donors (Lipinski definition) is 1. The zero-order valence-electron chi connectivity index (χ0n) is 15.9. The Kier molecular flexibility index (Phi) is 4.44. The Balaban J connectivity index is 1.45. The Morgan fingerprint density at radius 2 is 1.97 bits per heavy atom. The molecule has 4 aromatic rings. The summed E-state index contributed by atoms with van der Waals surface area (Å²) < 4.78 is 1.00. The predicted molar refractivity (Wildman–Crippen MR) is 117 cm³/mol. The highest BCUT2D eigenvalue weighted by Crippen LogP contribution is 2.37. The Morgan fingerprint density at radius 1 is 1.10 bits per heavy atom. The van der Waals surface area contributed by atoms with Crippen LogP contribution >= 0.6 is 11.3 Å². The fraction of sp³-hybridized carbons (Fsp3) is 0.182. The fourth-order valence-corrected chi connectivity index (χ4v) is 4.74. The standard InChI is InChI=1S/C22H19N5OS/c1-14-17(4-2-10-23-14)19-12-18-21(29-19)22(25-13-24-18)26-15-6-8-16(9-7-15)27-11-3-5-20(27)28/h2,4,6-10,12-13H,3,5,11H2,1H3,(H,24,25,26). The second-order valence-electron chi connectivity index (χ2n) is 7.00. The Labute approximate surface area is 172 Å². The molecule has 6 nitrogen and oxygen atoms in total. The van der Waals surface area contributed by atoms with Gasteiger partial charge in [-0.2, -0.15) is 0 Å². The van der Waals surface area contributed by atoms with Crippen molar-refractivity contribution in [1.82, 2.24) is 15.0 Å². The number of pyridine rings is 1. The van der Waals surface area contributed by atoms with E-state index >= 15 is 0 Å². The van der Waals surface area contributed by atoms with Crippen LogP contribution in [-0.2, 0) is 4.79 Å². The molecular formula is C22H19N5OS. The smallest absolute Gasteiger partial charge is 0.227 e. The molecule has 1 aliphatic heterocycles. The van der Waals surface area contributed by atoms with Crippen LogP contribution in [0.4, 0.5) is 17.2 Å². The van der Waals surface area contributed by atoms with E-state index in [0.717, 1.165) is 56.5 Å². The molecule has 144 valence electrons. The highest BCUT2D eigenvalue weighted by molar-refractivity contribution is 7.22. The zero-order chi connectivity index (χ0) is 19.8. The van der Waals surface area contributed by atoms with Crippen molar-refractivity contribution in [1.29, 1.82) is 0 Å². The van der Waals surface area contributed by atoms with Gasteiger partial charge < -0.3 is 10.2 Å². The number of nitrogens with one attached hydrogen (secondary N) is 1. The van der Waals surface area contributed by atoms with Crippen LogP contribution in [0.15, 0.2) is 55.0 Å². The second-order valence-corrected chi connectivity index (χ2v) is 8.06. The van der Waals surface area contributed by atoms with Crippen molar-refractivity contribution in [2.24, 2.45) is 0 Å². The van der Waals surface area contributed by atoms with E-state index in [0.29, 0.717) is 6.42 Å². The van der Waals surface area contributed by atoms with Crippen LogP contribution < -0.4 is 10.2 Å². The molecule has 0 bridgehead atoms. The number of benzene rings is 1. The van der Waals surface area contributed by atoms with Crippen molar-refractivity contribution in [3.8, 4) is 10.4 Å². The molecule has 1 amide bonds. The number of carbonyl (C=O) groups is 1. The number of carbonyl (C=O) groups excluding carboxylic acids is 1. The highest BCUT2D eigenvalue weighted by atomic mass is 32.1. The van der Waals surface area contributed by atoms with Crippen LogP contribution in [0.3, 0.4) is 0 Å². The molecule has 4 heterocycles. The number of aryl methyl sites for hydroxylation is 1. The molecule has 1 aliphatic rings. The maximum atomic E-state index is 11.9.